The number of aldehydes is 1. The van der Waals surface area contributed by atoms with E-state index in [0.29, 0.717) is 60.5 Å². The zero-order valence-electron chi connectivity index (χ0n) is 17.0. The number of aromatic nitrogens is 1. The van der Waals surface area contributed by atoms with E-state index in [4.69, 9.17) is 4.42 Å². The number of hydrogen-bond donors (Lipinski definition) is 1. The van der Waals surface area contributed by atoms with Crippen molar-refractivity contribution in [3.05, 3.63) is 53.8 Å². The summed E-state index contributed by atoms with van der Waals surface area (Å²) < 4.78 is 19.0. The summed E-state index contributed by atoms with van der Waals surface area (Å²) in [6.07, 6.45) is 1.08. The Morgan fingerprint density at radius 1 is 1.26 bits per heavy atom. The summed E-state index contributed by atoms with van der Waals surface area (Å²) in [5.41, 5.74) is 0.975. The van der Waals surface area contributed by atoms with Gasteiger partial charge >= 0.3 is 0 Å². The van der Waals surface area contributed by atoms with E-state index in [9.17, 15) is 19.1 Å². The van der Waals surface area contributed by atoms with Gasteiger partial charge in [-0.15, -0.1) is 0 Å². The zero-order chi connectivity index (χ0) is 21.8. The SMILES string of the molecule is CC1CN(C(=O)c2ccc(-c3nc4ccc(F)cc4o3)cc2)CCN1C1C[C@@]1(O)C=O. The molecule has 2 aliphatic rings. The molecule has 2 aromatic carbocycles. The van der Waals surface area contributed by atoms with E-state index in [1.807, 2.05) is 6.92 Å². The van der Waals surface area contributed by atoms with Gasteiger partial charge in [0.25, 0.3) is 5.91 Å². The Kier molecular flexibility index (Phi) is 4.64. The largest absolute Gasteiger partial charge is 0.436 e. The predicted octanol–water partition coefficient (Wildman–Crippen LogP) is 2.48. The lowest BCUT2D eigenvalue weighted by Crippen LogP contribution is -2.55. The first-order valence-corrected chi connectivity index (χ1v) is 10.3. The average Bonchev–Trinajstić information content (AvgIpc) is 3.27. The molecule has 0 radical (unpaired) electrons. The minimum Gasteiger partial charge on any atom is -0.436 e. The number of halogens is 1. The second kappa shape index (κ2) is 7.25. The Balaban J connectivity index is 1.27. The molecule has 2 unspecified atom stereocenters. The van der Waals surface area contributed by atoms with Crippen LogP contribution in [0.15, 0.2) is 46.9 Å². The molecule has 1 amide bonds. The Labute approximate surface area is 178 Å². The highest BCUT2D eigenvalue weighted by Crippen LogP contribution is 2.40. The number of hydrogen-bond acceptors (Lipinski definition) is 6. The number of nitrogens with zero attached hydrogens (tertiary/aromatic N) is 3. The van der Waals surface area contributed by atoms with Gasteiger partial charge < -0.3 is 19.2 Å². The van der Waals surface area contributed by atoms with Crippen LogP contribution < -0.4 is 0 Å². The molecule has 1 aliphatic heterocycles. The quantitative estimate of drug-likeness (QED) is 0.649. The van der Waals surface area contributed by atoms with E-state index in [2.05, 4.69) is 9.88 Å². The first-order chi connectivity index (χ1) is 14.9. The van der Waals surface area contributed by atoms with E-state index in [-0.39, 0.29) is 23.8 Å². The molecule has 2 heterocycles. The second-order valence-electron chi connectivity index (χ2n) is 8.38. The highest BCUT2D eigenvalue weighted by atomic mass is 19.1. The van der Waals surface area contributed by atoms with Gasteiger partial charge in [0.2, 0.25) is 5.89 Å². The van der Waals surface area contributed by atoms with Crippen LogP contribution >= 0.6 is 0 Å². The van der Waals surface area contributed by atoms with Crippen LogP contribution in [0, 0.1) is 5.82 Å². The summed E-state index contributed by atoms with van der Waals surface area (Å²) in [4.78, 5) is 32.3. The number of oxazole rings is 1. The number of benzene rings is 2. The molecule has 31 heavy (non-hydrogen) atoms. The monoisotopic (exact) mass is 423 g/mol. The van der Waals surface area contributed by atoms with Gasteiger partial charge in [0, 0.05) is 55.3 Å². The van der Waals surface area contributed by atoms with Crippen molar-refractivity contribution in [1.82, 2.24) is 14.8 Å². The fourth-order valence-corrected chi connectivity index (χ4v) is 4.36. The average molecular weight is 423 g/mol. The van der Waals surface area contributed by atoms with Gasteiger partial charge in [-0.1, -0.05) is 0 Å². The van der Waals surface area contributed by atoms with Crippen molar-refractivity contribution < 1.29 is 23.5 Å². The summed E-state index contributed by atoms with van der Waals surface area (Å²) in [5.74, 6) is -0.0870. The van der Waals surface area contributed by atoms with E-state index in [0.717, 1.165) is 0 Å². The third-order valence-electron chi connectivity index (χ3n) is 6.24. The maximum atomic E-state index is 13.4. The molecule has 7 nitrogen and oxygen atoms in total. The second-order valence-corrected chi connectivity index (χ2v) is 8.38. The van der Waals surface area contributed by atoms with Gasteiger partial charge in [-0.25, -0.2) is 9.37 Å². The first-order valence-electron chi connectivity index (χ1n) is 10.3. The molecule has 5 rings (SSSR count). The Hall–Kier alpha value is -3.10. The van der Waals surface area contributed by atoms with Gasteiger partial charge in [0.15, 0.2) is 11.9 Å². The fourth-order valence-electron chi connectivity index (χ4n) is 4.36. The van der Waals surface area contributed by atoms with Crippen LogP contribution in [0.5, 0.6) is 0 Å². The maximum Gasteiger partial charge on any atom is 0.253 e. The number of aliphatic hydroxyl groups is 1. The summed E-state index contributed by atoms with van der Waals surface area (Å²) in [5, 5.41) is 10.1. The van der Waals surface area contributed by atoms with Crippen molar-refractivity contribution in [1.29, 1.82) is 0 Å². The van der Waals surface area contributed by atoms with Crippen molar-refractivity contribution in [2.75, 3.05) is 19.6 Å². The van der Waals surface area contributed by atoms with E-state index < -0.39 is 5.60 Å². The van der Waals surface area contributed by atoms with Gasteiger partial charge in [-0.2, -0.15) is 0 Å². The number of amides is 1. The topological polar surface area (TPSA) is 86.9 Å². The smallest absolute Gasteiger partial charge is 0.253 e. The number of piperazine rings is 1. The van der Waals surface area contributed by atoms with Crippen LogP contribution in [0.2, 0.25) is 0 Å². The lowest BCUT2D eigenvalue weighted by Gasteiger charge is -2.40. The van der Waals surface area contributed by atoms with E-state index in [1.165, 1.54) is 12.1 Å². The van der Waals surface area contributed by atoms with E-state index in [1.54, 1.807) is 35.2 Å². The lowest BCUT2D eigenvalue weighted by atomic mass is 10.1. The van der Waals surface area contributed by atoms with Crippen molar-refractivity contribution in [2.24, 2.45) is 0 Å². The highest BCUT2D eigenvalue weighted by Gasteiger charge is 2.57. The van der Waals surface area contributed by atoms with Crippen molar-refractivity contribution in [3.63, 3.8) is 0 Å². The summed E-state index contributed by atoms with van der Waals surface area (Å²) in [7, 11) is 0. The number of carbonyl (C=O) groups excluding carboxylic acids is 2. The van der Waals surface area contributed by atoms with Crippen molar-refractivity contribution in [3.8, 4) is 11.5 Å². The molecule has 1 N–H and O–H groups in total. The highest BCUT2D eigenvalue weighted by molar-refractivity contribution is 5.94. The van der Waals surface area contributed by atoms with Crippen molar-refractivity contribution >= 4 is 23.3 Å². The number of fused-ring (bicyclic) bond motifs is 1. The molecule has 8 heteroatoms. The van der Waals surface area contributed by atoms with Crippen LogP contribution in [0.25, 0.3) is 22.6 Å². The number of carbonyl (C=O) groups is 2. The molecule has 3 aromatic rings. The molecule has 2 fully saturated rings. The Bertz CT molecular complexity index is 1160. The molecular weight excluding hydrogens is 401 g/mol. The molecule has 1 saturated carbocycles. The normalized spacial score (nSPS) is 26.2. The zero-order valence-corrected chi connectivity index (χ0v) is 17.0. The van der Waals surface area contributed by atoms with Crippen LogP contribution in [0.1, 0.15) is 23.7 Å². The van der Waals surface area contributed by atoms with Crippen LogP contribution in [0.3, 0.4) is 0 Å². The third kappa shape index (κ3) is 3.51. The van der Waals surface area contributed by atoms with Gasteiger partial charge in [0.05, 0.1) is 0 Å². The van der Waals surface area contributed by atoms with Crippen LogP contribution in [-0.4, -0.2) is 69.4 Å². The Morgan fingerprint density at radius 2 is 2.03 bits per heavy atom. The first kappa shape index (κ1) is 19.8. The predicted molar refractivity (Wildman–Crippen MR) is 111 cm³/mol. The molecular formula is C23H22FN3O4. The van der Waals surface area contributed by atoms with Crippen molar-refractivity contribution in [2.45, 2.75) is 31.0 Å². The molecule has 0 spiro atoms. The van der Waals surface area contributed by atoms with Crippen LogP contribution in [0.4, 0.5) is 4.39 Å². The van der Waals surface area contributed by atoms with Crippen LogP contribution in [-0.2, 0) is 4.79 Å². The summed E-state index contributed by atoms with van der Waals surface area (Å²) in [6, 6.07) is 11.1. The lowest BCUT2D eigenvalue weighted by molar-refractivity contribution is -0.118. The molecule has 0 bridgehead atoms. The summed E-state index contributed by atoms with van der Waals surface area (Å²) in [6.45, 7) is 3.68. The Morgan fingerprint density at radius 3 is 2.71 bits per heavy atom. The number of rotatable bonds is 4. The third-order valence-corrected chi connectivity index (χ3v) is 6.24. The molecule has 1 aliphatic carbocycles. The molecule has 160 valence electrons. The standard InChI is InChI=1S/C23H22FN3O4/c1-14-12-26(8-9-27(14)20-11-23(20,30)13-28)22(29)16-4-2-15(3-5-16)21-25-18-7-6-17(24)10-19(18)31-21/h2-7,10,13-14,20,30H,8-9,11-12H2,1H3/t14?,20?,23-/m1/s1. The molecule has 1 saturated heterocycles. The van der Waals surface area contributed by atoms with Gasteiger partial charge in [-0.05, 0) is 43.3 Å². The minimum absolute atomic E-state index is 0.0519. The summed E-state index contributed by atoms with van der Waals surface area (Å²) >= 11 is 0. The molecule has 1 aromatic heterocycles. The molecule has 3 atom stereocenters. The minimum atomic E-state index is -1.23. The fraction of sp³-hybridized carbons (Fsp3) is 0.348. The van der Waals surface area contributed by atoms with Gasteiger partial charge in [-0.3, -0.25) is 9.69 Å². The maximum absolute atomic E-state index is 13.4. The van der Waals surface area contributed by atoms with E-state index >= 15 is 0 Å². The van der Waals surface area contributed by atoms with Gasteiger partial charge in [0.1, 0.15) is 16.9 Å².